The molecule has 2 aromatic heterocycles. The van der Waals surface area contributed by atoms with Crippen molar-refractivity contribution in [2.45, 2.75) is 58.5 Å². The van der Waals surface area contributed by atoms with Crippen molar-refractivity contribution in [3.63, 3.8) is 0 Å². The van der Waals surface area contributed by atoms with Crippen molar-refractivity contribution >= 4 is 17.0 Å². The topological polar surface area (TPSA) is 117 Å². The molecule has 0 fully saturated rings. The molecule has 3 rings (SSSR count). The Balaban J connectivity index is 2.04. The molecule has 2 N–H and O–H groups in total. The molecule has 0 spiro atoms. The number of aliphatic hydroxyl groups is 1. The lowest BCUT2D eigenvalue weighted by Crippen LogP contribution is -2.46. The van der Waals surface area contributed by atoms with Gasteiger partial charge in [-0.15, -0.1) is 0 Å². The highest BCUT2D eigenvalue weighted by atomic mass is 16.5. The molecule has 10 heteroatoms. The fraction of sp³-hybridized carbons (Fsp3) is 0.519. The Morgan fingerprint density at radius 2 is 1.81 bits per heavy atom. The van der Waals surface area contributed by atoms with Gasteiger partial charge in [-0.1, -0.05) is 6.07 Å². The van der Waals surface area contributed by atoms with Crippen molar-refractivity contribution < 1.29 is 24.1 Å². The van der Waals surface area contributed by atoms with Crippen LogP contribution in [0.2, 0.25) is 0 Å². The molecule has 10 nitrogen and oxygen atoms in total. The fourth-order valence-electron chi connectivity index (χ4n) is 4.39. The summed E-state index contributed by atoms with van der Waals surface area (Å²) >= 11 is 0. The molecule has 2 heterocycles. The third kappa shape index (κ3) is 6.64. The molecular formula is C27H38N4O6. The molecule has 0 amide bonds. The van der Waals surface area contributed by atoms with E-state index in [2.05, 4.69) is 9.88 Å². The average molecular weight is 515 g/mol. The van der Waals surface area contributed by atoms with Gasteiger partial charge in [-0.3, -0.25) is 14.9 Å². The van der Waals surface area contributed by atoms with Crippen LogP contribution in [0.15, 0.2) is 35.3 Å². The summed E-state index contributed by atoms with van der Waals surface area (Å²) in [6, 6.07) is 6.70. The third-order valence-electron chi connectivity index (χ3n) is 6.07. The number of aliphatic hydroxyl groups excluding tert-OH is 1. The number of imidazole rings is 1. The molecule has 37 heavy (non-hydrogen) atoms. The summed E-state index contributed by atoms with van der Waals surface area (Å²) in [6.07, 6.45) is 0.583. The first-order valence-electron chi connectivity index (χ1n) is 12.4. The maximum absolute atomic E-state index is 12.4. The van der Waals surface area contributed by atoms with Crippen LogP contribution in [0, 0.1) is 6.92 Å². The van der Waals surface area contributed by atoms with Crippen LogP contribution in [-0.4, -0.2) is 70.9 Å². The molecule has 202 valence electrons. The van der Waals surface area contributed by atoms with E-state index in [9.17, 15) is 14.7 Å². The maximum atomic E-state index is 12.4. The number of benzene rings is 1. The van der Waals surface area contributed by atoms with Gasteiger partial charge in [-0.25, -0.2) is 4.98 Å². The average Bonchev–Trinajstić information content (AvgIpc) is 3.20. The Labute approximate surface area is 217 Å². The van der Waals surface area contributed by atoms with Crippen LogP contribution in [0.3, 0.4) is 0 Å². The third-order valence-corrected chi connectivity index (χ3v) is 6.07. The van der Waals surface area contributed by atoms with Gasteiger partial charge in [0.1, 0.15) is 11.9 Å². The summed E-state index contributed by atoms with van der Waals surface area (Å²) < 4.78 is 19.9. The molecule has 0 radical (unpaired) electrons. The van der Waals surface area contributed by atoms with Crippen LogP contribution in [0.4, 0.5) is 0 Å². The number of carbonyl (C=O) groups excluding carboxylic acids is 1. The van der Waals surface area contributed by atoms with Crippen molar-refractivity contribution in [3.8, 4) is 11.4 Å². The zero-order valence-electron chi connectivity index (χ0n) is 22.6. The van der Waals surface area contributed by atoms with Crippen LogP contribution in [0.1, 0.15) is 37.9 Å². The van der Waals surface area contributed by atoms with E-state index in [0.29, 0.717) is 31.1 Å². The first-order valence-corrected chi connectivity index (χ1v) is 12.4. The number of esters is 1. The highest BCUT2D eigenvalue weighted by Crippen LogP contribution is 2.30. The van der Waals surface area contributed by atoms with Crippen molar-refractivity contribution in [2.75, 3.05) is 27.4 Å². The minimum absolute atomic E-state index is 0.0613. The van der Waals surface area contributed by atoms with E-state index in [-0.39, 0.29) is 17.7 Å². The van der Waals surface area contributed by atoms with Gasteiger partial charge in [-0.2, -0.15) is 0 Å². The number of carbonyl (C=O) groups is 1. The number of pyridine rings is 1. The first kappa shape index (κ1) is 28.5. The van der Waals surface area contributed by atoms with Crippen LogP contribution in [-0.2, 0) is 32.6 Å². The smallest absolute Gasteiger partial charge is 0.326 e. The normalized spacial score (nSPS) is 13.5. The molecule has 0 saturated carbocycles. The molecule has 1 aromatic carbocycles. The Morgan fingerprint density at radius 3 is 2.38 bits per heavy atom. The van der Waals surface area contributed by atoms with Gasteiger partial charge in [0.2, 0.25) is 0 Å². The molecule has 0 aliphatic heterocycles. The summed E-state index contributed by atoms with van der Waals surface area (Å²) in [5, 5.41) is 13.2. The molecule has 0 saturated heterocycles. The lowest BCUT2D eigenvalue weighted by atomic mass is 10.1. The lowest BCUT2D eigenvalue weighted by Gasteiger charge is -2.22. The van der Waals surface area contributed by atoms with E-state index < -0.39 is 18.1 Å². The molecule has 0 bridgehead atoms. The standard InChI is InChI=1S/C27H38N4O6/c1-16(2)37-27(34)24(18(4)32)28-12-19-8-9-23-22(11-19)29-25(31(23)21(14-35-6)15-36-7)20-10-17(3)26(33)30(5)13-20/h8-11,13,16,18,21,24,28,32H,12,14-15H2,1-7H3/t18-,24+/m1/s1. The number of aromatic nitrogens is 3. The van der Waals surface area contributed by atoms with Crippen molar-refractivity contribution in [2.24, 2.45) is 7.05 Å². The number of ether oxygens (including phenoxy) is 3. The summed E-state index contributed by atoms with van der Waals surface area (Å²) in [4.78, 5) is 29.7. The van der Waals surface area contributed by atoms with E-state index in [4.69, 9.17) is 19.2 Å². The number of hydrogen-bond acceptors (Lipinski definition) is 8. The monoisotopic (exact) mass is 514 g/mol. The predicted octanol–water partition coefficient (Wildman–Crippen LogP) is 2.33. The lowest BCUT2D eigenvalue weighted by molar-refractivity contribution is -0.152. The Morgan fingerprint density at radius 1 is 1.14 bits per heavy atom. The Kier molecular flexibility index (Phi) is 9.61. The summed E-state index contributed by atoms with van der Waals surface area (Å²) in [7, 11) is 5.01. The number of aryl methyl sites for hydroxylation is 2. The van der Waals surface area contributed by atoms with Crippen LogP contribution in [0.5, 0.6) is 0 Å². The van der Waals surface area contributed by atoms with E-state index in [1.54, 1.807) is 59.7 Å². The largest absolute Gasteiger partial charge is 0.462 e. The van der Waals surface area contributed by atoms with Crippen LogP contribution >= 0.6 is 0 Å². The van der Waals surface area contributed by atoms with Crippen LogP contribution in [0.25, 0.3) is 22.4 Å². The zero-order valence-corrected chi connectivity index (χ0v) is 22.6. The highest BCUT2D eigenvalue weighted by Gasteiger charge is 2.26. The van der Waals surface area contributed by atoms with Gasteiger partial charge in [0.05, 0.1) is 42.5 Å². The van der Waals surface area contributed by atoms with Gasteiger partial charge in [0.25, 0.3) is 5.56 Å². The molecule has 0 aliphatic carbocycles. The van der Waals surface area contributed by atoms with Crippen molar-refractivity contribution in [3.05, 3.63) is 51.9 Å². The maximum Gasteiger partial charge on any atom is 0.326 e. The minimum atomic E-state index is -0.919. The number of nitrogens with zero attached hydrogens (tertiary/aromatic N) is 3. The Bertz CT molecular complexity index is 1250. The number of fused-ring (bicyclic) bond motifs is 1. The molecule has 3 aromatic rings. The SMILES string of the molecule is COCC(COC)n1c(-c2cc(C)c(=O)n(C)c2)nc2cc(CN[C@H](C(=O)OC(C)C)[C@@H](C)O)ccc21. The molecule has 2 atom stereocenters. The molecule has 0 aliphatic rings. The number of nitrogens with one attached hydrogen (secondary N) is 1. The summed E-state index contributed by atoms with van der Waals surface area (Å²) in [6.45, 7) is 8.03. The number of methoxy groups -OCH3 is 2. The second-order valence-electron chi connectivity index (χ2n) is 9.61. The fourth-order valence-corrected chi connectivity index (χ4v) is 4.39. The zero-order chi connectivity index (χ0) is 27.3. The highest BCUT2D eigenvalue weighted by molar-refractivity contribution is 5.82. The predicted molar refractivity (Wildman–Crippen MR) is 141 cm³/mol. The number of rotatable bonds is 12. The van der Waals surface area contributed by atoms with Gasteiger partial charge >= 0.3 is 5.97 Å². The van der Waals surface area contributed by atoms with Gasteiger partial charge in [-0.05, 0) is 51.5 Å². The van der Waals surface area contributed by atoms with E-state index >= 15 is 0 Å². The number of hydrogen-bond donors (Lipinski definition) is 2. The quantitative estimate of drug-likeness (QED) is 0.354. The minimum Gasteiger partial charge on any atom is -0.462 e. The molecular weight excluding hydrogens is 476 g/mol. The Hall–Kier alpha value is -3.05. The van der Waals surface area contributed by atoms with E-state index in [1.165, 1.54) is 0 Å². The summed E-state index contributed by atoms with van der Waals surface area (Å²) in [5.74, 6) is 0.199. The van der Waals surface area contributed by atoms with Gasteiger partial charge < -0.3 is 28.5 Å². The van der Waals surface area contributed by atoms with Gasteiger partial charge in [0, 0.05) is 45.1 Å². The summed E-state index contributed by atoms with van der Waals surface area (Å²) in [5.41, 5.74) is 3.88. The van der Waals surface area contributed by atoms with Gasteiger partial charge in [0.15, 0.2) is 0 Å². The second kappa shape index (κ2) is 12.5. The first-order chi connectivity index (χ1) is 17.6. The van der Waals surface area contributed by atoms with Crippen molar-refractivity contribution in [1.29, 1.82) is 0 Å². The van der Waals surface area contributed by atoms with Crippen LogP contribution < -0.4 is 10.9 Å². The molecule has 0 unspecified atom stereocenters. The second-order valence-corrected chi connectivity index (χ2v) is 9.61. The van der Waals surface area contributed by atoms with E-state index in [0.717, 1.165) is 22.2 Å². The van der Waals surface area contributed by atoms with E-state index in [1.807, 2.05) is 24.3 Å². The van der Waals surface area contributed by atoms with Crippen molar-refractivity contribution in [1.82, 2.24) is 19.4 Å².